The molecule has 0 saturated heterocycles. The molecule has 2 heterocycles. The van der Waals surface area contributed by atoms with E-state index in [1.807, 2.05) is 67.2 Å². The van der Waals surface area contributed by atoms with Crippen molar-refractivity contribution in [3.05, 3.63) is 121 Å². The van der Waals surface area contributed by atoms with Crippen LogP contribution in [0.1, 0.15) is 11.3 Å². The topological polar surface area (TPSA) is 44.2 Å². The maximum atomic E-state index is 13.5. The van der Waals surface area contributed by atoms with Gasteiger partial charge in [-0.1, -0.05) is 76.6 Å². The summed E-state index contributed by atoms with van der Waals surface area (Å²) in [6.45, 7) is 2.70. The number of nitrogens with zero attached hydrogens (tertiary/aromatic N) is 4. The summed E-state index contributed by atoms with van der Waals surface area (Å²) in [4.78, 5) is 19.2. The Hall–Kier alpha value is -3.42. The Morgan fingerprint density at radius 1 is 0.914 bits per heavy atom. The molecule has 0 saturated carbocycles. The van der Waals surface area contributed by atoms with Gasteiger partial charge in [0.2, 0.25) is 0 Å². The van der Waals surface area contributed by atoms with E-state index in [1.165, 1.54) is 5.56 Å². The SMILES string of the molecule is Cc1c(N=c2scc(-c3ccc(Br)cc3)n2CCc2ccccc2)c(=O)n(-c2ccccc2)n1C. The monoisotopic (exact) mass is 544 g/mol. The van der Waals surface area contributed by atoms with Crippen molar-refractivity contribution >= 4 is 33.0 Å². The van der Waals surface area contributed by atoms with Crippen molar-refractivity contribution < 1.29 is 0 Å². The number of para-hydroxylation sites is 1. The van der Waals surface area contributed by atoms with Crippen LogP contribution in [0.3, 0.4) is 0 Å². The van der Waals surface area contributed by atoms with Gasteiger partial charge in [-0.25, -0.2) is 9.67 Å². The van der Waals surface area contributed by atoms with Gasteiger partial charge in [0.05, 0.1) is 17.1 Å². The van der Waals surface area contributed by atoms with Crippen LogP contribution in [0, 0.1) is 6.92 Å². The molecule has 5 nitrogen and oxygen atoms in total. The average Bonchev–Trinajstić information content (AvgIpc) is 3.38. The fourth-order valence-corrected chi connectivity index (χ4v) is 5.36. The number of rotatable bonds is 6. The second kappa shape index (κ2) is 10.1. The average molecular weight is 546 g/mol. The Labute approximate surface area is 216 Å². The standard InChI is InChI=1S/C28H25BrN4OS/c1-20-26(27(34)33(31(20)2)24-11-7-4-8-12-24)30-28-32(18-17-21-9-5-3-6-10-21)25(19-35-28)22-13-15-23(29)16-14-22/h3-16,19H,17-18H2,1-2H3. The van der Waals surface area contributed by atoms with E-state index in [9.17, 15) is 4.79 Å². The highest BCUT2D eigenvalue weighted by Gasteiger charge is 2.17. The quantitative estimate of drug-likeness (QED) is 0.249. The smallest absolute Gasteiger partial charge is 0.297 e. The predicted octanol–water partition coefficient (Wildman–Crippen LogP) is 6.25. The van der Waals surface area contributed by atoms with Gasteiger partial charge in [-0.05, 0) is 48.7 Å². The largest absolute Gasteiger partial charge is 0.316 e. The van der Waals surface area contributed by atoms with Crippen molar-refractivity contribution in [2.45, 2.75) is 19.9 Å². The number of aryl methyl sites for hydroxylation is 1. The summed E-state index contributed by atoms with van der Waals surface area (Å²) in [6.07, 6.45) is 0.871. The van der Waals surface area contributed by atoms with E-state index in [1.54, 1.807) is 16.0 Å². The lowest BCUT2D eigenvalue weighted by atomic mass is 10.1. The van der Waals surface area contributed by atoms with E-state index in [2.05, 4.69) is 62.3 Å². The van der Waals surface area contributed by atoms with Crippen molar-refractivity contribution in [2.75, 3.05) is 0 Å². The van der Waals surface area contributed by atoms with Gasteiger partial charge in [-0.2, -0.15) is 0 Å². The number of halogens is 1. The molecule has 35 heavy (non-hydrogen) atoms. The Morgan fingerprint density at radius 2 is 1.57 bits per heavy atom. The zero-order valence-electron chi connectivity index (χ0n) is 19.6. The summed E-state index contributed by atoms with van der Waals surface area (Å²) < 4.78 is 6.80. The molecule has 0 bridgehead atoms. The molecule has 0 atom stereocenters. The molecule has 0 spiro atoms. The molecule has 0 N–H and O–H groups in total. The number of hydrogen-bond acceptors (Lipinski definition) is 3. The third kappa shape index (κ3) is 4.74. The van der Waals surface area contributed by atoms with Crippen molar-refractivity contribution in [3.8, 4) is 16.9 Å². The van der Waals surface area contributed by atoms with Crippen LogP contribution in [-0.4, -0.2) is 13.9 Å². The molecule has 0 amide bonds. The van der Waals surface area contributed by atoms with Crippen LogP contribution < -0.4 is 10.4 Å². The lowest BCUT2D eigenvalue weighted by Gasteiger charge is -2.10. The first-order chi connectivity index (χ1) is 17.0. The fourth-order valence-electron chi connectivity index (χ4n) is 4.15. The van der Waals surface area contributed by atoms with Crippen LogP contribution in [0.15, 0.2) is 105 Å². The summed E-state index contributed by atoms with van der Waals surface area (Å²) in [7, 11) is 1.90. The molecule has 176 valence electrons. The van der Waals surface area contributed by atoms with Crippen LogP contribution >= 0.6 is 27.3 Å². The molecule has 0 aliphatic rings. The first-order valence-corrected chi connectivity index (χ1v) is 13.1. The second-order valence-corrected chi connectivity index (χ2v) is 10.1. The highest BCUT2D eigenvalue weighted by molar-refractivity contribution is 9.10. The molecule has 0 unspecified atom stereocenters. The Balaban J connectivity index is 1.64. The molecule has 5 rings (SSSR count). The first-order valence-electron chi connectivity index (χ1n) is 11.4. The minimum Gasteiger partial charge on any atom is -0.316 e. The maximum absolute atomic E-state index is 13.5. The molecule has 5 aromatic rings. The van der Waals surface area contributed by atoms with Crippen molar-refractivity contribution in [2.24, 2.45) is 12.0 Å². The van der Waals surface area contributed by atoms with Crippen LogP contribution in [0.4, 0.5) is 5.69 Å². The highest BCUT2D eigenvalue weighted by Crippen LogP contribution is 2.24. The summed E-state index contributed by atoms with van der Waals surface area (Å²) in [5, 5.41) is 2.13. The van der Waals surface area contributed by atoms with Crippen LogP contribution in [0.25, 0.3) is 16.9 Å². The normalized spacial score (nSPS) is 11.8. The highest BCUT2D eigenvalue weighted by atomic mass is 79.9. The lowest BCUT2D eigenvalue weighted by Crippen LogP contribution is -2.20. The van der Waals surface area contributed by atoms with Gasteiger partial charge in [-0.3, -0.25) is 9.48 Å². The maximum Gasteiger partial charge on any atom is 0.297 e. The van der Waals surface area contributed by atoms with E-state index in [0.29, 0.717) is 5.69 Å². The predicted molar refractivity (Wildman–Crippen MR) is 147 cm³/mol. The third-order valence-corrected chi connectivity index (χ3v) is 7.53. The molecule has 7 heteroatoms. The summed E-state index contributed by atoms with van der Waals surface area (Å²) in [5.74, 6) is 0. The van der Waals surface area contributed by atoms with Crippen molar-refractivity contribution in [1.29, 1.82) is 0 Å². The van der Waals surface area contributed by atoms with E-state index >= 15 is 0 Å². The molecule has 0 aliphatic carbocycles. The van der Waals surface area contributed by atoms with E-state index < -0.39 is 0 Å². The third-order valence-electron chi connectivity index (χ3n) is 6.14. The molecule has 0 fully saturated rings. The molecular weight excluding hydrogens is 520 g/mol. The molecule has 0 aliphatic heterocycles. The van der Waals surface area contributed by atoms with Gasteiger partial charge in [-0.15, -0.1) is 11.3 Å². The van der Waals surface area contributed by atoms with E-state index in [0.717, 1.165) is 44.9 Å². The van der Waals surface area contributed by atoms with Gasteiger partial charge in [0, 0.05) is 23.4 Å². The Morgan fingerprint density at radius 3 is 2.26 bits per heavy atom. The first kappa shape index (κ1) is 23.3. The molecule has 0 radical (unpaired) electrons. The Bertz CT molecular complexity index is 1580. The van der Waals surface area contributed by atoms with Crippen molar-refractivity contribution in [1.82, 2.24) is 13.9 Å². The van der Waals surface area contributed by atoms with Gasteiger partial charge in [0.15, 0.2) is 10.5 Å². The summed E-state index contributed by atoms with van der Waals surface area (Å²) in [5.41, 5.74) is 5.47. The van der Waals surface area contributed by atoms with Gasteiger partial charge in [0.1, 0.15) is 0 Å². The van der Waals surface area contributed by atoms with Gasteiger partial charge in [0.25, 0.3) is 5.56 Å². The second-order valence-electron chi connectivity index (χ2n) is 8.32. The summed E-state index contributed by atoms with van der Waals surface area (Å²) >= 11 is 5.09. The van der Waals surface area contributed by atoms with Crippen LogP contribution in [0.5, 0.6) is 0 Å². The number of thiazole rings is 1. The molecule has 2 aromatic heterocycles. The van der Waals surface area contributed by atoms with E-state index in [-0.39, 0.29) is 5.56 Å². The number of aromatic nitrogens is 3. The number of benzene rings is 3. The zero-order chi connectivity index (χ0) is 24.4. The van der Waals surface area contributed by atoms with E-state index in [4.69, 9.17) is 4.99 Å². The minimum atomic E-state index is -0.121. The summed E-state index contributed by atoms with van der Waals surface area (Å²) in [6, 6.07) is 28.4. The molecule has 3 aromatic carbocycles. The Kier molecular flexibility index (Phi) is 6.70. The van der Waals surface area contributed by atoms with Crippen LogP contribution in [-0.2, 0) is 20.0 Å². The van der Waals surface area contributed by atoms with Gasteiger partial charge >= 0.3 is 0 Å². The molecular formula is C28H25BrN4OS. The zero-order valence-corrected chi connectivity index (χ0v) is 22.0. The van der Waals surface area contributed by atoms with Gasteiger partial charge < -0.3 is 4.57 Å². The van der Waals surface area contributed by atoms with Crippen molar-refractivity contribution in [3.63, 3.8) is 0 Å². The van der Waals surface area contributed by atoms with Crippen LogP contribution in [0.2, 0.25) is 0 Å². The fraction of sp³-hybridized carbons (Fsp3) is 0.143. The lowest BCUT2D eigenvalue weighted by molar-refractivity contribution is 0.630. The minimum absolute atomic E-state index is 0.121. The number of hydrogen-bond donors (Lipinski definition) is 0.